The molecule has 0 aromatic rings. The lowest BCUT2D eigenvalue weighted by Gasteiger charge is -2.23. The highest BCUT2D eigenvalue weighted by Crippen LogP contribution is 2.35. The Morgan fingerprint density at radius 3 is 2.87 bits per heavy atom. The molecule has 2 amide bonds. The van der Waals surface area contributed by atoms with Crippen molar-refractivity contribution in [2.75, 3.05) is 20.2 Å². The van der Waals surface area contributed by atoms with Crippen LogP contribution in [0.4, 0.5) is 4.79 Å². The van der Waals surface area contributed by atoms with Crippen molar-refractivity contribution in [2.24, 2.45) is 5.92 Å². The third kappa shape index (κ3) is 2.22. The number of nitrogens with one attached hydrogen (secondary N) is 1. The summed E-state index contributed by atoms with van der Waals surface area (Å²) in [5, 5.41) is 2.61. The first-order chi connectivity index (χ1) is 7.22. The average Bonchev–Trinajstić information content (AvgIpc) is 2.96. The SMILES string of the molecule is CNC(=O)C(CC1CC1)N1CCOC1=O. The molecule has 1 aliphatic carbocycles. The highest BCUT2D eigenvalue weighted by atomic mass is 16.6. The minimum absolute atomic E-state index is 0.0826. The van der Waals surface area contributed by atoms with Gasteiger partial charge in [0.1, 0.15) is 12.6 Å². The molecule has 2 fully saturated rings. The zero-order chi connectivity index (χ0) is 10.8. The van der Waals surface area contributed by atoms with E-state index >= 15 is 0 Å². The summed E-state index contributed by atoms with van der Waals surface area (Å²) in [4.78, 5) is 24.5. The van der Waals surface area contributed by atoms with Gasteiger partial charge in [0.15, 0.2) is 0 Å². The summed E-state index contributed by atoms with van der Waals surface area (Å²) in [6, 6.07) is -0.336. The molecule has 5 heteroatoms. The summed E-state index contributed by atoms with van der Waals surface area (Å²) < 4.78 is 4.85. The molecule has 1 atom stereocenters. The molecule has 0 radical (unpaired) electrons. The molecule has 2 rings (SSSR count). The lowest BCUT2D eigenvalue weighted by Crippen LogP contribution is -2.46. The molecule has 1 saturated carbocycles. The van der Waals surface area contributed by atoms with E-state index in [-0.39, 0.29) is 18.0 Å². The van der Waals surface area contributed by atoms with E-state index in [0.29, 0.717) is 19.1 Å². The highest BCUT2D eigenvalue weighted by Gasteiger charge is 2.37. The number of cyclic esters (lactones) is 1. The Bertz CT molecular complexity index is 276. The van der Waals surface area contributed by atoms with Gasteiger partial charge in [-0.1, -0.05) is 12.8 Å². The van der Waals surface area contributed by atoms with Gasteiger partial charge in [-0.25, -0.2) is 4.79 Å². The Morgan fingerprint density at radius 2 is 2.40 bits per heavy atom. The molecular weight excluding hydrogens is 196 g/mol. The zero-order valence-corrected chi connectivity index (χ0v) is 8.86. The highest BCUT2D eigenvalue weighted by molar-refractivity contribution is 5.85. The summed E-state index contributed by atoms with van der Waals surface area (Å²) in [7, 11) is 1.60. The number of amides is 2. The number of carbonyl (C=O) groups is 2. The Hall–Kier alpha value is -1.26. The topological polar surface area (TPSA) is 58.6 Å². The van der Waals surface area contributed by atoms with Crippen LogP contribution in [0, 0.1) is 5.92 Å². The minimum atomic E-state index is -0.357. The Kier molecular flexibility index (Phi) is 2.79. The fraction of sp³-hybridized carbons (Fsp3) is 0.800. The molecule has 1 saturated heterocycles. The van der Waals surface area contributed by atoms with Crippen LogP contribution in [0.1, 0.15) is 19.3 Å². The molecule has 5 nitrogen and oxygen atoms in total. The van der Waals surface area contributed by atoms with E-state index in [2.05, 4.69) is 5.32 Å². The van der Waals surface area contributed by atoms with Crippen LogP contribution >= 0.6 is 0 Å². The smallest absolute Gasteiger partial charge is 0.410 e. The van der Waals surface area contributed by atoms with Gasteiger partial charge in [-0.2, -0.15) is 0 Å². The third-order valence-electron chi connectivity index (χ3n) is 2.97. The molecule has 1 aliphatic heterocycles. The molecule has 1 unspecified atom stereocenters. The van der Waals surface area contributed by atoms with Gasteiger partial charge >= 0.3 is 6.09 Å². The summed E-state index contributed by atoms with van der Waals surface area (Å²) >= 11 is 0. The summed E-state index contributed by atoms with van der Waals surface area (Å²) in [5.41, 5.74) is 0. The number of rotatable bonds is 4. The fourth-order valence-corrected chi connectivity index (χ4v) is 1.90. The second-order valence-electron chi connectivity index (χ2n) is 4.12. The van der Waals surface area contributed by atoms with Crippen LogP contribution in [0.2, 0.25) is 0 Å². The molecule has 2 aliphatic rings. The van der Waals surface area contributed by atoms with Gasteiger partial charge in [0.05, 0.1) is 6.54 Å². The summed E-state index contributed by atoms with van der Waals surface area (Å²) in [6.45, 7) is 0.931. The summed E-state index contributed by atoms with van der Waals surface area (Å²) in [6.07, 6.45) is 2.77. The number of carbonyl (C=O) groups excluding carboxylic acids is 2. The molecule has 0 bridgehead atoms. The fourth-order valence-electron chi connectivity index (χ4n) is 1.90. The molecule has 0 aromatic carbocycles. The Balaban J connectivity index is 2.02. The van der Waals surface area contributed by atoms with Crippen LogP contribution in [-0.2, 0) is 9.53 Å². The van der Waals surface area contributed by atoms with Crippen molar-refractivity contribution in [3.8, 4) is 0 Å². The quantitative estimate of drug-likeness (QED) is 0.731. The van der Waals surface area contributed by atoms with Crippen molar-refractivity contribution >= 4 is 12.0 Å². The van der Waals surface area contributed by atoms with E-state index in [1.54, 1.807) is 7.05 Å². The molecule has 0 spiro atoms. The van der Waals surface area contributed by atoms with E-state index in [0.717, 1.165) is 6.42 Å². The van der Waals surface area contributed by atoms with Crippen molar-refractivity contribution < 1.29 is 14.3 Å². The van der Waals surface area contributed by atoms with Gasteiger partial charge in [-0.15, -0.1) is 0 Å². The van der Waals surface area contributed by atoms with E-state index in [9.17, 15) is 9.59 Å². The lowest BCUT2D eigenvalue weighted by atomic mass is 10.1. The number of likely N-dealkylation sites (N-methyl/N-ethyl adjacent to an activating group) is 1. The largest absolute Gasteiger partial charge is 0.448 e. The van der Waals surface area contributed by atoms with Crippen molar-refractivity contribution in [3.05, 3.63) is 0 Å². The van der Waals surface area contributed by atoms with Crippen LogP contribution in [-0.4, -0.2) is 43.1 Å². The molecule has 84 valence electrons. The Labute approximate surface area is 88.8 Å². The lowest BCUT2D eigenvalue weighted by molar-refractivity contribution is -0.125. The number of ether oxygens (including phenoxy) is 1. The maximum absolute atomic E-state index is 11.6. The molecule has 1 N–H and O–H groups in total. The van der Waals surface area contributed by atoms with E-state index in [1.807, 2.05) is 0 Å². The normalized spacial score (nSPS) is 22.5. The predicted octanol–water partition coefficient (Wildman–Crippen LogP) is 0.353. The van der Waals surface area contributed by atoms with Crippen LogP contribution < -0.4 is 5.32 Å². The van der Waals surface area contributed by atoms with Gasteiger partial charge in [0.2, 0.25) is 5.91 Å². The molecule has 0 aromatic heterocycles. The first-order valence-corrected chi connectivity index (χ1v) is 5.37. The van der Waals surface area contributed by atoms with Crippen molar-refractivity contribution in [3.63, 3.8) is 0 Å². The van der Waals surface area contributed by atoms with E-state index < -0.39 is 0 Å². The molecule has 1 heterocycles. The molecular formula is C10H16N2O3. The van der Waals surface area contributed by atoms with Crippen molar-refractivity contribution in [1.82, 2.24) is 10.2 Å². The van der Waals surface area contributed by atoms with Crippen LogP contribution in [0.25, 0.3) is 0 Å². The predicted molar refractivity (Wildman–Crippen MR) is 53.2 cm³/mol. The van der Waals surface area contributed by atoms with Gasteiger partial charge in [0.25, 0.3) is 0 Å². The maximum atomic E-state index is 11.6. The second-order valence-corrected chi connectivity index (χ2v) is 4.12. The van der Waals surface area contributed by atoms with Gasteiger partial charge in [0, 0.05) is 7.05 Å². The monoisotopic (exact) mass is 212 g/mol. The third-order valence-corrected chi connectivity index (χ3v) is 2.97. The van der Waals surface area contributed by atoms with Gasteiger partial charge in [-0.3, -0.25) is 9.69 Å². The van der Waals surface area contributed by atoms with Crippen molar-refractivity contribution in [1.29, 1.82) is 0 Å². The second kappa shape index (κ2) is 4.08. The maximum Gasteiger partial charge on any atom is 0.410 e. The number of hydrogen-bond donors (Lipinski definition) is 1. The first kappa shape index (κ1) is 10.3. The molecule has 15 heavy (non-hydrogen) atoms. The zero-order valence-electron chi connectivity index (χ0n) is 8.86. The van der Waals surface area contributed by atoms with Crippen LogP contribution in [0.3, 0.4) is 0 Å². The van der Waals surface area contributed by atoms with E-state index in [1.165, 1.54) is 17.7 Å². The summed E-state index contributed by atoms with van der Waals surface area (Å²) in [5.74, 6) is 0.529. The van der Waals surface area contributed by atoms with Crippen LogP contribution in [0.5, 0.6) is 0 Å². The Morgan fingerprint density at radius 1 is 1.67 bits per heavy atom. The van der Waals surface area contributed by atoms with Crippen molar-refractivity contribution in [2.45, 2.75) is 25.3 Å². The number of nitrogens with zero attached hydrogens (tertiary/aromatic N) is 1. The van der Waals surface area contributed by atoms with Gasteiger partial charge < -0.3 is 10.1 Å². The van der Waals surface area contributed by atoms with Gasteiger partial charge in [-0.05, 0) is 12.3 Å². The number of hydrogen-bond acceptors (Lipinski definition) is 3. The standard InChI is InChI=1S/C10H16N2O3/c1-11-9(13)8(6-7-2-3-7)12-4-5-15-10(12)14/h7-8H,2-6H2,1H3,(H,11,13). The first-order valence-electron chi connectivity index (χ1n) is 5.37. The minimum Gasteiger partial charge on any atom is -0.448 e. The van der Waals surface area contributed by atoms with E-state index in [4.69, 9.17) is 4.74 Å². The average molecular weight is 212 g/mol. The van der Waals surface area contributed by atoms with Crippen LogP contribution in [0.15, 0.2) is 0 Å².